The molecule has 6 heteroatoms. The number of hydrogen-bond donors (Lipinski definition) is 0. The summed E-state index contributed by atoms with van der Waals surface area (Å²) in [5.41, 5.74) is 1.16. The molecule has 0 N–H and O–H groups in total. The zero-order valence-electron chi connectivity index (χ0n) is 12.6. The Morgan fingerprint density at radius 2 is 2.19 bits per heavy atom. The Hall–Kier alpha value is -1.95. The van der Waals surface area contributed by atoms with E-state index in [4.69, 9.17) is 4.74 Å². The maximum atomic E-state index is 12.0. The lowest BCUT2D eigenvalue weighted by atomic mass is 10.2. The van der Waals surface area contributed by atoms with Crippen LogP contribution in [0.1, 0.15) is 49.0 Å². The molecule has 1 aliphatic heterocycles. The van der Waals surface area contributed by atoms with Gasteiger partial charge in [0.15, 0.2) is 11.5 Å². The zero-order chi connectivity index (χ0) is 15.0. The molecule has 2 aromatic rings. The van der Waals surface area contributed by atoms with Crippen LogP contribution in [0.3, 0.4) is 0 Å². The molecular weight excluding hydrogens is 268 g/mol. The number of esters is 1. The molecule has 0 amide bonds. The summed E-state index contributed by atoms with van der Waals surface area (Å²) in [6.45, 7) is 5.42. The molecule has 1 fully saturated rings. The fourth-order valence-corrected chi connectivity index (χ4v) is 3.13. The van der Waals surface area contributed by atoms with Crippen LogP contribution in [0.5, 0.6) is 0 Å². The highest BCUT2D eigenvalue weighted by Crippen LogP contribution is 2.33. The molecule has 0 radical (unpaired) electrons. The number of carbonyl (C=O) groups is 1. The quantitative estimate of drug-likeness (QED) is 0.809. The Morgan fingerprint density at radius 3 is 2.90 bits per heavy atom. The van der Waals surface area contributed by atoms with E-state index in [0.717, 1.165) is 25.2 Å². The van der Waals surface area contributed by atoms with Crippen molar-refractivity contribution in [2.24, 2.45) is 0 Å². The Kier molecular flexibility index (Phi) is 3.63. The van der Waals surface area contributed by atoms with E-state index in [2.05, 4.69) is 28.9 Å². The average Bonchev–Trinajstić information content (AvgIpc) is 3.11. The highest BCUT2D eigenvalue weighted by molar-refractivity contribution is 5.88. The van der Waals surface area contributed by atoms with E-state index in [9.17, 15) is 4.79 Å². The van der Waals surface area contributed by atoms with Crippen molar-refractivity contribution in [3.05, 3.63) is 29.7 Å². The number of methoxy groups -OCH3 is 1. The summed E-state index contributed by atoms with van der Waals surface area (Å²) in [7, 11) is 1.39. The third-order valence-electron chi connectivity index (χ3n) is 4.10. The van der Waals surface area contributed by atoms with Crippen LogP contribution in [0.25, 0.3) is 5.65 Å². The van der Waals surface area contributed by atoms with E-state index < -0.39 is 0 Å². The van der Waals surface area contributed by atoms with E-state index in [1.165, 1.54) is 7.11 Å². The summed E-state index contributed by atoms with van der Waals surface area (Å²) in [6.07, 6.45) is 2.17. The van der Waals surface area contributed by atoms with Gasteiger partial charge in [-0.25, -0.2) is 4.79 Å². The monoisotopic (exact) mass is 288 g/mol. The lowest BCUT2D eigenvalue weighted by molar-refractivity contribution is 0.0591. The summed E-state index contributed by atoms with van der Waals surface area (Å²) in [5.74, 6) is 0.466. The Balaban J connectivity index is 2.13. The Bertz CT molecular complexity index is 665. The number of nitrogens with zero attached hydrogens (tertiary/aromatic N) is 4. The highest BCUT2D eigenvalue weighted by atomic mass is 16.5. The van der Waals surface area contributed by atoms with Gasteiger partial charge in [-0.15, -0.1) is 10.2 Å². The van der Waals surface area contributed by atoms with Crippen LogP contribution in [0, 0.1) is 0 Å². The van der Waals surface area contributed by atoms with Crippen LogP contribution in [-0.4, -0.2) is 45.2 Å². The van der Waals surface area contributed by atoms with Crippen molar-refractivity contribution in [1.82, 2.24) is 19.5 Å². The first kappa shape index (κ1) is 14.0. The molecule has 0 spiro atoms. The van der Waals surface area contributed by atoms with Crippen molar-refractivity contribution >= 4 is 11.6 Å². The number of fused-ring (bicyclic) bond motifs is 1. The number of carbonyl (C=O) groups excluding carboxylic acids is 1. The molecule has 112 valence electrons. The lowest BCUT2D eigenvalue weighted by Gasteiger charge is -2.27. The van der Waals surface area contributed by atoms with Gasteiger partial charge < -0.3 is 4.74 Å². The molecule has 6 nitrogen and oxygen atoms in total. The predicted octanol–water partition coefficient (Wildman–Crippen LogP) is 2.06. The maximum absolute atomic E-state index is 12.0. The van der Waals surface area contributed by atoms with E-state index in [1.807, 2.05) is 10.5 Å². The molecule has 0 bridgehead atoms. The van der Waals surface area contributed by atoms with Crippen molar-refractivity contribution in [2.75, 3.05) is 13.7 Å². The standard InChI is InChI=1S/C15H20N4O2/c1-10(2)18-9-5-7-11(18)14-17-16-13-8-4-6-12(19(13)14)15(20)21-3/h4,6,8,10-11H,5,7,9H2,1-3H3. The molecular formula is C15H20N4O2. The van der Waals surface area contributed by atoms with Crippen molar-refractivity contribution < 1.29 is 9.53 Å². The van der Waals surface area contributed by atoms with Gasteiger partial charge in [0.1, 0.15) is 5.69 Å². The van der Waals surface area contributed by atoms with Gasteiger partial charge in [0.25, 0.3) is 0 Å². The second kappa shape index (κ2) is 5.44. The second-order valence-electron chi connectivity index (χ2n) is 5.64. The molecule has 0 aliphatic carbocycles. The van der Waals surface area contributed by atoms with E-state index >= 15 is 0 Å². The molecule has 1 atom stereocenters. The average molecular weight is 288 g/mol. The summed E-state index contributed by atoms with van der Waals surface area (Å²) in [4.78, 5) is 14.4. The summed E-state index contributed by atoms with van der Waals surface area (Å²) in [5, 5.41) is 8.56. The minimum Gasteiger partial charge on any atom is -0.464 e. The van der Waals surface area contributed by atoms with Gasteiger partial charge in [0.05, 0.1) is 13.2 Å². The molecule has 3 heterocycles. The Labute approximate surface area is 123 Å². The van der Waals surface area contributed by atoms with Gasteiger partial charge in [-0.2, -0.15) is 0 Å². The van der Waals surface area contributed by atoms with Crippen molar-refractivity contribution in [2.45, 2.75) is 38.8 Å². The highest BCUT2D eigenvalue weighted by Gasteiger charge is 2.32. The first-order valence-electron chi connectivity index (χ1n) is 7.31. The summed E-state index contributed by atoms with van der Waals surface area (Å²) in [6, 6.07) is 6.05. The van der Waals surface area contributed by atoms with Crippen LogP contribution >= 0.6 is 0 Å². The molecule has 1 aliphatic rings. The molecule has 3 rings (SSSR count). The van der Waals surface area contributed by atoms with Gasteiger partial charge in [0.2, 0.25) is 0 Å². The molecule has 21 heavy (non-hydrogen) atoms. The van der Waals surface area contributed by atoms with Crippen LogP contribution in [0.2, 0.25) is 0 Å². The smallest absolute Gasteiger partial charge is 0.355 e. The van der Waals surface area contributed by atoms with Crippen molar-refractivity contribution in [3.8, 4) is 0 Å². The number of hydrogen-bond acceptors (Lipinski definition) is 5. The Morgan fingerprint density at radius 1 is 1.38 bits per heavy atom. The number of rotatable bonds is 3. The number of ether oxygens (including phenoxy) is 1. The summed E-state index contributed by atoms with van der Waals surface area (Å²) < 4.78 is 6.71. The topological polar surface area (TPSA) is 59.7 Å². The largest absolute Gasteiger partial charge is 0.464 e. The summed E-state index contributed by atoms with van der Waals surface area (Å²) >= 11 is 0. The first-order chi connectivity index (χ1) is 10.1. The van der Waals surface area contributed by atoms with E-state index in [1.54, 1.807) is 12.1 Å². The molecule has 2 aromatic heterocycles. The van der Waals surface area contributed by atoms with Crippen molar-refractivity contribution in [1.29, 1.82) is 0 Å². The molecule has 1 unspecified atom stereocenters. The van der Waals surface area contributed by atoms with Crippen LogP contribution < -0.4 is 0 Å². The predicted molar refractivity (Wildman–Crippen MR) is 78.1 cm³/mol. The van der Waals surface area contributed by atoms with Gasteiger partial charge in [0, 0.05) is 6.04 Å². The van der Waals surface area contributed by atoms with Gasteiger partial charge in [-0.1, -0.05) is 6.07 Å². The maximum Gasteiger partial charge on any atom is 0.355 e. The minimum atomic E-state index is -0.365. The van der Waals surface area contributed by atoms with Crippen LogP contribution in [0.15, 0.2) is 18.2 Å². The van der Waals surface area contributed by atoms with Crippen LogP contribution in [-0.2, 0) is 4.74 Å². The number of pyridine rings is 1. The number of likely N-dealkylation sites (tertiary alicyclic amines) is 1. The molecule has 0 aromatic carbocycles. The second-order valence-corrected chi connectivity index (χ2v) is 5.64. The third-order valence-corrected chi connectivity index (χ3v) is 4.10. The molecule has 0 saturated carbocycles. The number of aromatic nitrogens is 3. The fraction of sp³-hybridized carbons (Fsp3) is 0.533. The van der Waals surface area contributed by atoms with Crippen molar-refractivity contribution in [3.63, 3.8) is 0 Å². The SMILES string of the molecule is COC(=O)c1cccc2nnc(C3CCCN3C(C)C)n12. The van der Waals surface area contributed by atoms with Gasteiger partial charge in [-0.05, 0) is 45.4 Å². The third kappa shape index (κ3) is 2.29. The zero-order valence-corrected chi connectivity index (χ0v) is 12.6. The van der Waals surface area contributed by atoms with E-state index in [-0.39, 0.29) is 12.0 Å². The van der Waals surface area contributed by atoms with Gasteiger partial charge in [-0.3, -0.25) is 9.30 Å². The minimum absolute atomic E-state index is 0.200. The first-order valence-corrected chi connectivity index (χ1v) is 7.31. The van der Waals surface area contributed by atoms with Gasteiger partial charge >= 0.3 is 5.97 Å². The fourth-order valence-electron chi connectivity index (χ4n) is 3.13. The lowest BCUT2D eigenvalue weighted by Crippen LogP contribution is -2.31. The van der Waals surface area contributed by atoms with Crippen LogP contribution in [0.4, 0.5) is 0 Å². The van der Waals surface area contributed by atoms with E-state index in [0.29, 0.717) is 17.4 Å². The normalized spacial score (nSPS) is 19.5. The molecule has 1 saturated heterocycles.